The van der Waals surface area contributed by atoms with E-state index in [0.29, 0.717) is 19.6 Å². The Kier molecular flexibility index (Phi) is 14.6. The van der Waals surface area contributed by atoms with Gasteiger partial charge in [0.1, 0.15) is 16.6 Å². The minimum atomic E-state index is -2.33. The van der Waals surface area contributed by atoms with Crippen LogP contribution in [-0.4, -0.2) is 51.5 Å². The fraction of sp³-hybridized carbons (Fsp3) is 0.250. The molecular weight excluding hydrogens is 499 g/mol. The van der Waals surface area contributed by atoms with Crippen molar-refractivity contribution in [3.8, 4) is 10.6 Å². The van der Waals surface area contributed by atoms with Crippen molar-refractivity contribution in [2.24, 2.45) is 0 Å². The average molecular weight is 519 g/mol. The maximum atomic E-state index is 11.5. The zero-order valence-corrected chi connectivity index (χ0v) is 25.8. The Balaban J connectivity index is 0.000000842. The molecule has 0 radical (unpaired) electrons. The second-order valence-electron chi connectivity index (χ2n) is 6.68. The van der Waals surface area contributed by atoms with Crippen LogP contribution in [-0.2, 0) is 11.3 Å². The van der Waals surface area contributed by atoms with E-state index in [-0.39, 0.29) is 109 Å². The van der Waals surface area contributed by atoms with E-state index in [1.165, 1.54) is 0 Å². The molecule has 3 aromatic rings. The summed E-state index contributed by atoms with van der Waals surface area (Å²) < 4.78 is 0. The molecule has 3 aromatic heterocycles. The minimum absolute atomic E-state index is 0. The third kappa shape index (κ3) is 10.9. The summed E-state index contributed by atoms with van der Waals surface area (Å²) in [7, 11) is 0. The molecule has 0 aliphatic carbocycles. The summed E-state index contributed by atoms with van der Waals surface area (Å²) in [5.74, 6) is 1.59. The number of pyridine rings is 2. The van der Waals surface area contributed by atoms with Crippen LogP contribution in [0.25, 0.3) is 10.6 Å². The molecule has 1 amide bonds. The van der Waals surface area contributed by atoms with Gasteiger partial charge in [-0.15, -0.1) is 11.3 Å². The minimum Gasteiger partial charge on any atom is -0.652 e. The van der Waals surface area contributed by atoms with Gasteiger partial charge in [-0.25, -0.2) is 15.0 Å². The number of thiazole rings is 1. The van der Waals surface area contributed by atoms with E-state index >= 15 is 0 Å². The zero-order valence-electron chi connectivity index (χ0n) is 18.7. The molecule has 0 saturated carbocycles. The van der Waals surface area contributed by atoms with E-state index in [2.05, 4.69) is 30.5 Å². The van der Waals surface area contributed by atoms with Crippen molar-refractivity contribution in [3.05, 3.63) is 53.3 Å². The van der Waals surface area contributed by atoms with E-state index in [9.17, 15) is 4.79 Å². The van der Waals surface area contributed by atoms with E-state index in [1.54, 1.807) is 17.5 Å². The molecule has 4 heterocycles. The predicted octanol–water partition coefficient (Wildman–Crippen LogP) is -5.86. The number of aromatic nitrogens is 3. The number of aryl methyl sites for hydroxylation is 1. The summed E-state index contributed by atoms with van der Waals surface area (Å²) in [6, 6.07) is 9.80. The quantitative estimate of drug-likeness (QED) is 0.315. The van der Waals surface area contributed by atoms with Gasteiger partial charge in [-0.05, 0) is 42.9 Å². The number of nitrogens with zero attached hydrogens (tertiary/aromatic N) is 4. The second kappa shape index (κ2) is 15.6. The van der Waals surface area contributed by atoms with Gasteiger partial charge in [0.05, 0.1) is 23.7 Å². The molecule has 4 rings (SSSR count). The van der Waals surface area contributed by atoms with Crippen LogP contribution in [0.3, 0.4) is 0 Å². The molecule has 0 spiro atoms. The van der Waals surface area contributed by atoms with Crippen molar-refractivity contribution < 1.29 is 123 Å². The van der Waals surface area contributed by atoms with Gasteiger partial charge in [-0.2, -0.15) is 0 Å². The topological polar surface area (TPSA) is 146 Å². The van der Waals surface area contributed by atoms with Crippen molar-refractivity contribution in [2.45, 2.75) is 13.5 Å². The first-order chi connectivity index (χ1) is 14.9. The number of amides is 1. The molecule has 0 unspecified atom stereocenters. The third-order valence-corrected chi connectivity index (χ3v) is 5.21. The van der Waals surface area contributed by atoms with E-state index < -0.39 is 6.16 Å². The Morgan fingerprint density at radius 3 is 2.67 bits per heavy atom. The summed E-state index contributed by atoms with van der Waals surface area (Å²) >= 11 is 1.61. The Labute approximate surface area is 280 Å². The molecule has 1 aliphatic heterocycles. The van der Waals surface area contributed by atoms with Crippen molar-refractivity contribution in [1.82, 2.24) is 25.2 Å². The number of hydrogen-bond donors (Lipinski definition) is 2. The number of rotatable bonds is 5. The molecular formula is C20H20K2N6O4S. The molecule has 2 N–H and O–H groups in total. The Morgan fingerprint density at radius 1 is 1.21 bits per heavy atom. The number of carbonyl (C=O) groups is 2. The average Bonchev–Trinajstić information content (AvgIpc) is 3.16. The number of nitrogens with one attached hydrogen (secondary N) is 2. The largest absolute Gasteiger partial charge is 1.00 e. The fourth-order valence-electron chi connectivity index (χ4n) is 2.90. The van der Waals surface area contributed by atoms with Gasteiger partial charge in [0.25, 0.3) is 0 Å². The number of anilines is 2. The van der Waals surface area contributed by atoms with Gasteiger partial charge in [-0.3, -0.25) is 9.69 Å². The van der Waals surface area contributed by atoms with Gasteiger partial charge in [0.15, 0.2) is 0 Å². The summed E-state index contributed by atoms with van der Waals surface area (Å²) in [5.41, 5.74) is 2.01. The first kappa shape index (κ1) is 30.7. The van der Waals surface area contributed by atoms with Gasteiger partial charge in [-0.1, -0.05) is 6.07 Å². The van der Waals surface area contributed by atoms with Crippen LogP contribution in [0.2, 0.25) is 0 Å². The van der Waals surface area contributed by atoms with Gasteiger partial charge in [0.2, 0.25) is 5.91 Å². The summed E-state index contributed by atoms with van der Waals surface area (Å²) in [6.07, 6.45) is 1.29. The van der Waals surface area contributed by atoms with Crippen LogP contribution in [0, 0.1) is 6.92 Å². The summed E-state index contributed by atoms with van der Waals surface area (Å²) in [4.78, 5) is 36.5. The number of carboxylic acid groups (broad SMARTS) is 2. The van der Waals surface area contributed by atoms with Crippen molar-refractivity contribution >= 4 is 35.0 Å². The van der Waals surface area contributed by atoms with Gasteiger partial charge in [0, 0.05) is 25.5 Å². The van der Waals surface area contributed by atoms with E-state index in [0.717, 1.165) is 39.3 Å². The van der Waals surface area contributed by atoms with E-state index in [4.69, 9.17) is 15.0 Å². The third-order valence-electron chi connectivity index (χ3n) is 4.20. The molecule has 10 nitrogen and oxygen atoms in total. The molecule has 0 bridgehead atoms. The first-order valence-electron chi connectivity index (χ1n) is 9.38. The molecule has 13 heteroatoms. The smallest absolute Gasteiger partial charge is 0.652 e. The normalized spacial score (nSPS) is 12.8. The van der Waals surface area contributed by atoms with Crippen LogP contribution in [0.1, 0.15) is 10.6 Å². The Morgan fingerprint density at radius 2 is 1.97 bits per heavy atom. The molecule has 1 saturated heterocycles. The van der Waals surface area contributed by atoms with Crippen LogP contribution in [0.15, 0.2) is 42.7 Å². The number of hydrogen-bond acceptors (Lipinski definition) is 10. The SMILES string of the molecule is Cc1ccnc(Nc2cccc(-c3cnc(CN4CCNC(=O)C4)s3)n2)c1.O=C([O-])[O-].[K+].[K+]. The maximum absolute atomic E-state index is 11.5. The first-order valence-corrected chi connectivity index (χ1v) is 10.2. The molecule has 162 valence electrons. The molecule has 0 atom stereocenters. The molecule has 33 heavy (non-hydrogen) atoms. The maximum Gasteiger partial charge on any atom is 1.00 e. The summed E-state index contributed by atoms with van der Waals surface area (Å²) in [5, 5.41) is 23.7. The fourth-order valence-corrected chi connectivity index (χ4v) is 3.83. The zero-order chi connectivity index (χ0) is 22.2. The molecule has 1 fully saturated rings. The second-order valence-corrected chi connectivity index (χ2v) is 7.80. The standard InChI is InChI=1S/C19H20N6OS.CH2O3.2K/c1-13-5-6-20-17(9-13)24-16-4-2-3-14(23-16)15-10-22-19(27-15)12-25-8-7-21-18(26)11-25;2-1(3)4;;/h2-6,9-10H,7-8,11-12H2,1H3,(H,21,26)(H,20,23,24);(H2,2,3,4);;/q;;2*+1/p-2. The van der Waals surface area contributed by atoms with Crippen LogP contribution >= 0.6 is 11.3 Å². The Bertz CT molecular complexity index is 1060. The van der Waals surface area contributed by atoms with Crippen LogP contribution < -0.4 is 124 Å². The van der Waals surface area contributed by atoms with Gasteiger partial charge >= 0.3 is 103 Å². The number of piperazine rings is 1. The number of carbonyl (C=O) groups excluding carboxylic acids is 2. The molecule has 1 aliphatic rings. The van der Waals surface area contributed by atoms with Crippen LogP contribution in [0.5, 0.6) is 0 Å². The Hall–Kier alpha value is -0.297. The van der Waals surface area contributed by atoms with Crippen molar-refractivity contribution in [3.63, 3.8) is 0 Å². The monoisotopic (exact) mass is 518 g/mol. The van der Waals surface area contributed by atoms with Crippen molar-refractivity contribution in [1.29, 1.82) is 0 Å². The predicted molar refractivity (Wildman–Crippen MR) is 111 cm³/mol. The van der Waals surface area contributed by atoms with Gasteiger partial charge < -0.3 is 25.6 Å². The summed E-state index contributed by atoms with van der Waals surface area (Å²) in [6.45, 7) is 4.68. The van der Waals surface area contributed by atoms with E-state index in [1.807, 2.05) is 43.5 Å². The van der Waals surface area contributed by atoms with Crippen LogP contribution in [0.4, 0.5) is 16.4 Å². The molecule has 0 aromatic carbocycles. The van der Waals surface area contributed by atoms with Crippen molar-refractivity contribution in [2.75, 3.05) is 25.0 Å².